The molecule has 2 aliphatic heterocycles. The average molecular weight is 1160 g/mol. The Balaban J connectivity index is 0.000000204. The Morgan fingerprint density at radius 3 is 1.56 bits per heavy atom. The van der Waals surface area contributed by atoms with Gasteiger partial charge in [0.2, 0.25) is 5.82 Å². The molecule has 0 unspecified atom stereocenters. The van der Waals surface area contributed by atoms with Crippen molar-refractivity contribution in [2.45, 2.75) is 44.3 Å². The number of amidine groups is 1. The van der Waals surface area contributed by atoms with E-state index in [2.05, 4.69) is 15.3 Å². The highest BCUT2D eigenvalue weighted by Gasteiger charge is 2.37. The summed E-state index contributed by atoms with van der Waals surface area (Å²) in [4.78, 5) is 22.0. The maximum absolute atomic E-state index is 13.4. The minimum atomic E-state index is -4.64. The maximum atomic E-state index is 13.4. The van der Waals surface area contributed by atoms with Gasteiger partial charge in [0.05, 0.1) is 49.0 Å². The Labute approximate surface area is 436 Å². The summed E-state index contributed by atoms with van der Waals surface area (Å²) < 4.78 is 216. The van der Waals surface area contributed by atoms with Gasteiger partial charge in [0, 0.05) is 51.1 Å². The molecule has 13 nitrogen and oxygen atoms in total. The number of benzene rings is 6. The van der Waals surface area contributed by atoms with Crippen LogP contribution in [0.25, 0.3) is 22.8 Å². The monoisotopic (exact) mass is 1160 g/mol. The summed E-state index contributed by atoms with van der Waals surface area (Å²) >= 11 is 2.69. The molecular formula is C48H32F12N6O7S4. The van der Waals surface area contributed by atoms with Crippen LogP contribution in [0.3, 0.4) is 0 Å². The first kappa shape index (κ1) is 56.0. The van der Waals surface area contributed by atoms with Crippen LogP contribution in [0.4, 0.5) is 64.1 Å². The minimum Gasteiger partial charge on any atom is -0.380 e. The van der Waals surface area contributed by atoms with E-state index in [1.807, 2.05) is 0 Å². The van der Waals surface area contributed by atoms with Crippen molar-refractivity contribution in [3.8, 4) is 22.8 Å². The van der Waals surface area contributed by atoms with Gasteiger partial charge < -0.3 is 15.1 Å². The Bertz CT molecular complexity index is 3610. The van der Waals surface area contributed by atoms with Crippen molar-refractivity contribution in [2.75, 3.05) is 33.2 Å². The van der Waals surface area contributed by atoms with Crippen molar-refractivity contribution in [1.82, 2.24) is 10.1 Å². The predicted molar refractivity (Wildman–Crippen MR) is 258 cm³/mol. The molecule has 2 N–H and O–H groups in total. The molecule has 1 aromatic heterocycles. The molecule has 0 aliphatic carbocycles. The number of halogens is 12. The van der Waals surface area contributed by atoms with Crippen LogP contribution in [-0.2, 0) is 49.6 Å². The lowest BCUT2D eigenvalue weighted by atomic mass is 10.1. The van der Waals surface area contributed by atoms with Crippen molar-refractivity contribution < 1.29 is 83.7 Å². The smallest absolute Gasteiger partial charge is 0.380 e. The van der Waals surface area contributed by atoms with E-state index < -0.39 is 78.8 Å². The molecule has 0 atom stereocenters. The molecule has 0 amide bonds. The largest absolute Gasteiger partial charge is 0.416 e. The number of oxime groups is 1. The fourth-order valence-corrected chi connectivity index (χ4v) is 12.6. The minimum absolute atomic E-state index is 0.0276. The number of thioether (sulfide) groups is 2. The van der Waals surface area contributed by atoms with E-state index in [0.717, 1.165) is 63.2 Å². The summed E-state index contributed by atoms with van der Waals surface area (Å²) in [5, 5.41) is 7.16. The standard InChI is InChI=1S/C24H17F6N3O4S2.C24H15F6N3O3S2/c25-23(26,27)16-5-7-18(8-6-16)39(35,36)33-10-11-38-20-9-4-15(13-19(20)33)22(34)37-32-21(31)14-2-1-3-17(12-14)24(28,29)30;25-23(26,27)16-5-7-18(8-6-16)38(34,35)33-10-11-37-20-9-4-15(13-19(20)33)22-31-21(32-36-22)14-2-1-3-17(12-14)24(28,29)30/h1-9,12-13H,10-11H2,(H2,31,32);1-9,12-13H,10-11H2. The van der Waals surface area contributed by atoms with Gasteiger partial charge in [0.1, 0.15) is 0 Å². The van der Waals surface area contributed by atoms with Gasteiger partial charge in [-0.25, -0.2) is 21.6 Å². The molecule has 29 heteroatoms. The van der Waals surface area contributed by atoms with Gasteiger partial charge in [-0.3, -0.25) is 8.61 Å². The number of carbonyl (C=O) groups excluding carboxylic acids is 1. The lowest BCUT2D eigenvalue weighted by Crippen LogP contribution is -2.35. The van der Waals surface area contributed by atoms with Crippen LogP contribution < -0.4 is 14.3 Å². The van der Waals surface area contributed by atoms with E-state index in [0.29, 0.717) is 51.1 Å². The van der Waals surface area contributed by atoms with Crippen molar-refractivity contribution in [3.63, 3.8) is 0 Å². The van der Waals surface area contributed by atoms with E-state index in [1.165, 1.54) is 66.0 Å². The van der Waals surface area contributed by atoms with Crippen LogP contribution in [-0.4, -0.2) is 63.4 Å². The first-order chi connectivity index (χ1) is 36.0. The maximum Gasteiger partial charge on any atom is 0.416 e. The summed E-state index contributed by atoms with van der Waals surface area (Å²) in [6, 6.07) is 23.3. The molecule has 0 bridgehead atoms. The normalized spacial score (nSPS) is 14.5. The number of alkyl halides is 12. The molecule has 0 saturated carbocycles. The second-order valence-corrected chi connectivity index (χ2v) is 22.2. The van der Waals surface area contributed by atoms with E-state index >= 15 is 0 Å². The van der Waals surface area contributed by atoms with Crippen LogP contribution in [0.15, 0.2) is 163 Å². The molecule has 0 fully saturated rings. The third-order valence-electron chi connectivity index (χ3n) is 11.2. The van der Waals surface area contributed by atoms with Crippen molar-refractivity contribution in [1.29, 1.82) is 0 Å². The molecule has 6 aromatic carbocycles. The van der Waals surface area contributed by atoms with E-state index in [-0.39, 0.29) is 62.7 Å². The third-order valence-corrected chi connectivity index (χ3v) is 16.9. The lowest BCUT2D eigenvalue weighted by molar-refractivity contribution is -0.138. The van der Waals surface area contributed by atoms with Gasteiger partial charge in [-0.2, -0.15) is 57.7 Å². The summed E-state index contributed by atoms with van der Waals surface area (Å²) in [7, 11) is -8.51. The predicted octanol–water partition coefficient (Wildman–Crippen LogP) is 12.2. The van der Waals surface area contributed by atoms with Crippen molar-refractivity contribution in [3.05, 3.63) is 167 Å². The van der Waals surface area contributed by atoms with E-state index in [4.69, 9.17) is 15.1 Å². The number of anilines is 2. The van der Waals surface area contributed by atoms with Gasteiger partial charge in [-0.05, 0) is 109 Å². The molecule has 3 heterocycles. The zero-order valence-electron chi connectivity index (χ0n) is 38.4. The lowest BCUT2D eigenvalue weighted by Gasteiger charge is -2.30. The molecule has 9 rings (SSSR count). The quantitative estimate of drug-likeness (QED) is 0.0476. The fourth-order valence-electron chi connectivity index (χ4n) is 7.38. The van der Waals surface area contributed by atoms with E-state index in [1.54, 1.807) is 12.1 Å². The SMILES string of the molecule is NC(=NOC(=O)c1ccc2c(c1)N(S(=O)(=O)c1ccc(C(F)(F)F)cc1)CCS2)c1cccc(C(F)(F)F)c1.O=S(=O)(c1ccc(C(F)(F)F)cc1)N1CCSc2ccc(-c3nc(-c4cccc(C(F)(F)F)c4)no3)cc21. The van der Waals surface area contributed by atoms with Crippen LogP contribution in [0.2, 0.25) is 0 Å². The zero-order chi connectivity index (χ0) is 55.9. The molecule has 0 spiro atoms. The molecule has 77 heavy (non-hydrogen) atoms. The number of hydrogen-bond donors (Lipinski definition) is 1. The molecule has 2 aliphatic rings. The summed E-state index contributed by atoms with van der Waals surface area (Å²) in [5.41, 5.74) is 2.28. The van der Waals surface area contributed by atoms with Gasteiger partial charge in [-0.1, -0.05) is 34.6 Å². The third kappa shape index (κ3) is 12.5. The number of nitrogens with two attached hydrogens (primary N) is 1. The number of fused-ring (bicyclic) bond motifs is 2. The molecular weight excluding hydrogens is 1130 g/mol. The van der Waals surface area contributed by atoms with Gasteiger partial charge >= 0.3 is 30.7 Å². The number of aromatic nitrogens is 2. The molecule has 0 radical (unpaired) electrons. The number of nitrogens with zero attached hydrogens (tertiary/aromatic N) is 5. The zero-order valence-corrected chi connectivity index (χ0v) is 41.6. The van der Waals surface area contributed by atoms with E-state index in [9.17, 15) is 74.3 Å². The Kier molecular flexibility index (Phi) is 15.5. The molecule has 404 valence electrons. The summed E-state index contributed by atoms with van der Waals surface area (Å²) in [6.07, 6.45) is -18.4. The summed E-state index contributed by atoms with van der Waals surface area (Å²) in [6.45, 7) is 0.0317. The summed E-state index contributed by atoms with van der Waals surface area (Å²) in [5.74, 6) is -0.972. The Hall–Kier alpha value is -7.24. The fraction of sp³-hybridized carbons (Fsp3) is 0.167. The number of rotatable bonds is 9. The highest BCUT2D eigenvalue weighted by molar-refractivity contribution is 8.00. The number of carbonyl (C=O) groups is 1. The number of hydrogen-bond acceptors (Lipinski definition) is 12. The van der Waals surface area contributed by atoms with Crippen molar-refractivity contribution >= 4 is 66.8 Å². The van der Waals surface area contributed by atoms with Gasteiger partial charge in [0.25, 0.3) is 25.9 Å². The topological polar surface area (TPSA) is 178 Å². The highest BCUT2D eigenvalue weighted by atomic mass is 32.2. The van der Waals surface area contributed by atoms with Crippen molar-refractivity contribution in [2.24, 2.45) is 10.9 Å². The molecule has 7 aromatic rings. The Morgan fingerprint density at radius 2 is 1.04 bits per heavy atom. The van der Waals surface area contributed by atoms with Gasteiger partial charge in [0.15, 0.2) is 5.84 Å². The first-order valence-corrected chi connectivity index (χ1v) is 26.5. The van der Waals surface area contributed by atoms with Gasteiger partial charge in [-0.15, -0.1) is 23.5 Å². The number of sulfonamides is 2. The average Bonchev–Trinajstić information content (AvgIpc) is 3.90. The Morgan fingerprint density at radius 1 is 0.558 bits per heavy atom. The second-order valence-electron chi connectivity index (χ2n) is 16.2. The van der Waals surface area contributed by atoms with Crippen LogP contribution >= 0.6 is 23.5 Å². The van der Waals surface area contributed by atoms with Crippen LogP contribution in [0.5, 0.6) is 0 Å². The van der Waals surface area contributed by atoms with Crippen LogP contribution in [0, 0.1) is 0 Å². The highest BCUT2D eigenvalue weighted by Crippen LogP contribution is 2.43. The first-order valence-electron chi connectivity index (χ1n) is 21.7. The van der Waals surface area contributed by atoms with Crippen LogP contribution in [0.1, 0.15) is 38.2 Å². The second kappa shape index (κ2) is 21.3. The molecule has 0 saturated heterocycles.